The molecule has 0 saturated carbocycles. The topological polar surface area (TPSA) is 61.9 Å². The highest BCUT2D eigenvalue weighted by Gasteiger charge is 2.40. The summed E-state index contributed by atoms with van der Waals surface area (Å²) in [6, 6.07) is 0. The van der Waals surface area contributed by atoms with Crippen LogP contribution < -0.4 is 5.32 Å². The van der Waals surface area contributed by atoms with E-state index in [1.807, 2.05) is 0 Å². The molecule has 1 atom stereocenters. The molecule has 6 heteroatoms. The summed E-state index contributed by atoms with van der Waals surface area (Å²) < 4.78 is 5.59. The summed E-state index contributed by atoms with van der Waals surface area (Å²) >= 11 is 0. The van der Waals surface area contributed by atoms with E-state index in [9.17, 15) is 9.59 Å². The molecule has 0 bridgehead atoms. The van der Waals surface area contributed by atoms with Gasteiger partial charge in [-0.25, -0.2) is 0 Å². The van der Waals surface area contributed by atoms with Crippen LogP contribution in [0.15, 0.2) is 0 Å². The maximum Gasteiger partial charge on any atom is 0.253 e. The number of likely N-dealkylation sites (N-methyl/N-ethyl adjacent to an activating group) is 1. The summed E-state index contributed by atoms with van der Waals surface area (Å²) in [4.78, 5) is 28.4. The van der Waals surface area contributed by atoms with Crippen molar-refractivity contribution in [2.45, 2.75) is 38.2 Å². The summed E-state index contributed by atoms with van der Waals surface area (Å²) in [5.74, 6) is -0.0647. The van der Waals surface area contributed by atoms with Gasteiger partial charge in [0.1, 0.15) is 0 Å². The highest BCUT2D eigenvalue weighted by Crippen LogP contribution is 2.18. The maximum atomic E-state index is 12.5. The van der Waals surface area contributed by atoms with Crippen molar-refractivity contribution < 1.29 is 14.3 Å². The number of carbonyl (C=O) groups excluding carboxylic acids is 2. The van der Waals surface area contributed by atoms with Crippen molar-refractivity contribution in [3.8, 4) is 0 Å². The molecular weight excluding hydrogens is 270 g/mol. The van der Waals surface area contributed by atoms with Crippen molar-refractivity contribution in [2.24, 2.45) is 0 Å². The number of rotatable bonds is 3. The summed E-state index contributed by atoms with van der Waals surface area (Å²) in [7, 11) is 1.59. The van der Waals surface area contributed by atoms with Gasteiger partial charge in [-0.05, 0) is 32.9 Å². The fourth-order valence-corrected chi connectivity index (χ4v) is 3.07. The fourth-order valence-electron chi connectivity index (χ4n) is 3.07. The molecule has 0 spiro atoms. The zero-order valence-electron chi connectivity index (χ0n) is 13.2. The Kier molecular flexibility index (Phi) is 5.58. The van der Waals surface area contributed by atoms with Gasteiger partial charge in [0.25, 0.3) is 5.91 Å². The highest BCUT2D eigenvalue weighted by molar-refractivity contribution is 5.86. The predicted molar refractivity (Wildman–Crippen MR) is 79.9 cm³/mol. The van der Waals surface area contributed by atoms with E-state index < -0.39 is 5.60 Å². The predicted octanol–water partition coefficient (Wildman–Crippen LogP) is 0.226. The summed E-state index contributed by atoms with van der Waals surface area (Å²) in [6.07, 6.45) is 4.87. The number of nitrogens with one attached hydrogen (secondary N) is 1. The minimum Gasteiger partial charge on any atom is -0.362 e. The molecule has 6 nitrogen and oxygen atoms in total. The zero-order chi connectivity index (χ0) is 15.3. The van der Waals surface area contributed by atoms with Gasteiger partial charge in [0, 0.05) is 13.6 Å². The largest absolute Gasteiger partial charge is 0.362 e. The number of hydrogen-bond donors (Lipinski definition) is 1. The van der Waals surface area contributed by atoms with Crippen molar-refractivity contribution >= 4 is 11.8 Å². The van der Waals surface area contributed by atoms with Crippen molar-refractivity contribution in [1.82, 2.24) is 15.1 Å². The lowest BCUT2D eigenvalue weighted by Gasteiger charge is -2.39. The van der Waals surface area contributed by atoms with Crippen LogP contribution in [0, 0.1) is 0 Å². The lowest BCUT2D eigenvalue weighted by molar-refractivity contribution is -0.162. The van der Waals surface area contributed by atoms with Crippen LogP contribution in [0.4, 0.5) is 0 Å². The minimum atomic E-state index is -0.929. The van der Waals surface area contributed by atoms with E-state index in [2.05, 4.69) is 10.2 Å². The van der Waals surface area contributed by atoms with Crippen molar-refractivity contribution in [3.05, 3.63) is 0 Å². The van der Waals surface area contributed by atoms with Gasteiger partial charge in [-0.2, -0.15) is 0 Å². The lowest BCUT2D eigenvalue weighted by Crippen LogP contribution is -2.59. The van der Waals surface area contributed by atoms with E-state index in [-0.39, 0.29) is 11.8 Å². The molecule has 21 heavy (non-hydrogen) atoms. The Morgan fingerprint density at radius 1 is 1.14 bits per heavy atom. The Bertz CT molecular complexity index is 380. The lowest BCUT2D eigenvalue weighted by atomic mass is 10.0. The molecule has 0 aromatic rings. The Labute approximate surface area is 126 Å². The molecule has 2 aliphatic rings. The molecule has 0 radical (unpaired) electrons. The van der Waals surface area contributed by atoms with Crippen LogP contribution >= 0.6 is 0 Å². The molecule has 2 rings (SSSR count). The van der Waals surface area contributed by atoms with E-state index in [1.54, 1.807) is 18.9 Å². The van der Waals surface area contributed by atoms with Gasteiger partial charge >= 0.3 is 0 Å². The molecule has 2 fully saturated rings. The number of nitrogens with zero attached hydrogens (tertiary/aromatic N) is 2. The molecular formula is C15H27N3O3. The molecule has 0 aliphatic carbocycles. The van der Waals surface area contributed by atoms with E-state index in [1.165, 1.54) is 25.7 Å². The van der Waals surface area contributed by atoms with Crippen LogP contribution in [0.5, 0.6) is 0 Å². The van der Waals surface area contributed by atoms with Crippen LogP contribution in [0.25, 0.3) is 0 Å². The SMILES string of the molecule is CNC(=O)[C@]1(C)CN(C(=O)CN2CCCCCC2)CCO1. The molecule has 2 aliphatic heterocycles. The Balaban J connectivity index is 1.91. The van der Waals surface area contributed by atoms with Gasteiger partial charge < -0.3 is 15.0 Å². The first-order chi connectivity index (χ1) is 10.0. The summed E-state index contributed by atoms with van der Waals surface area (Å²) in [5, 5.41) is 2.61. The second-order valence-corrected chi connectivity index (χ2v) is 6.16. The van der Waals surface area contributed by atoms with Gasteiger partial charge in [0.2, 0.25) is 5.91 Å². The van der Waals surface area contributed by atoms with Gasteiger partial charge in [0.05, 0.1) is 19.7 Å². The minimum absolute atomic E-state index is 0.107. The molecule has 0 unspecified atom stereocenters. The Morgan fingerprint density at radius 2 is 1.81 bits per heavy atom. The van der Waals surface area contributed by atoms with Crippen molar-refractivity contribution in [3.63, 3.8) is 0 Å². The van der Waals surface area contributed by atoms with E-state index >= 15 is 0 Å². The van der Waals surface area contributed by atoms with E-state index in [0.29, 0.717) is 26.2 Å². The number of hydrogen-bond acceptors (Lipinski definition) is 4. The number of amides is 2. The normalized spacial score (nSPS) is 28.0. The van der Waals surface area contributed by atoms with Crippen LogP contribution in [0.3, 0.4) is 0 Å². The summed E-state index contributed by atoms with van der Waals surface area (Å²) in [6.45, 7) is 5.53. The first-order valence-electron chi connectivity index (χ1n) is 7.91. The third-order valence-electron chi connectivity index (χ3n) is 4.39. The number of likely N-dealkylation sites (tertiary alicyclic amines) is 1. The first-order valence-corrected chi connectivity index (χ1v) is 7.91. The Morgan fingerprint density at radius 3 is 2.43 bits per heavy atom. The second kappa shape index (κ2) is 7.22. The van der Waals surface area contributed by atoms with E-state index in [4.69, 9.17) is 4.74 Å². The van der Waals surface area contributed by atoms with Crippen LogP contribution in [0.2, 0.25) is 0 Å². The maximum absolute atomic E-state index is 12.5. The molecule has 0 aromatic carbocycles. The Hall–Kier alpha value is -1.14. The van der Waals surface area contributed by atoms with Gasteiger partial charge in [0.15, 0.2) is 5.60 Å². The van der Waals surface area contributed by atoms with Crippen LogP contribution in [-0.2, 0) is 14.3 Å². The third-order valence-corrected chi connectivity index (χ3v) is 4.39. The van der Waals surface area contributed by atoms with Gasteiger partial charge in [-0.3, -0.25) is 14.5 Å². The quantitative estimate of drug-likeness (QED) is 0.810. The van der Waals surface area contributed by atoms with Gasteiger partial charge in [-0.15, -0.1) is 0 Å². The molecule has 1 N–H and O–H groups in total. The molecule has 120 valence electrons. The standard InChI is InChI=1S/C15H27N3O3/c1-15(14(20)16-2)12-18(9-10-21-15)13(19)11-17-7-5-3-4-6-8-17/h3-12H2,1-2H3,(H,16,20)/t15-/m0/s1. The smallest absolute Gasteiger partial charge is 0.253 e. The average molecular weight is 297 g/mol. The molecule has 0 aromatic heterocycles. The van der Waals surface area contributed by atoms with Crippen molar-refractivity contribution in [1.29, 1.82) is 0 Å². The molecule has 2 saturated heterocycles. The number of carbonyl (C=O) groups is 2. The van der Waals surface area contributed by atoms with Crippen LogP contribution in [-0.4, -0.2) is 73.6 Å². The summed E-state index contributed by atoms with van der Waals surface area (Å²) in [5.41, 5.74) is -0.929. The third kappa shape index (κ3) is 4.17. The van der Waals surface area contributed by atoms with Crippen LogP contribution in [0.1, 0.15) is 32.6 Å². The first kappa shape index (κ1) is 16.2. The van der Waals surface area contributed by atoms with Gasteiger partial charge in [-0.1, -0.05) is 12.8 Å². The highest BCUT2D eigenvalue weighted by atomic mass is 16.5. The second-order valence-electron chi connectivity index (χ2n) is 6.16. The number of ether oxygens (including phenoxy) is 1. The zero-order valence-corrected chi connectivity index (χ0v) is 13.2. The average Bonchev–Trinajstić information content (AvgIpc) is 2.75. The monoisotopic (exact) mass is 297 g/mol. The molecule has 2 amide bonds. The van der Waals surface area contributed by atoms with Crippen molar-refractivity contribution in [2.75, 3.05) is 46.4 Å². The van der Waals surface area contributed by atoms with E-state index in [0.717, 1.165) is 13.1 Å². The molecule has 2 heterocycles. The fraction of sp³-hybridized carbons (Fsp3) is 0.867. The number of morpholine rings is 1.